The number of rotatable bonds is 13. The third-order valence-electron chi connectivity index (χ3n) is 10.00. The van der Waals surface area contributed by atoms with Crippen molar-refractivity contribution in [3.8, 4) is 23.0 Å². The van der Waals surface area contributed by atoms with Crippen LogP contribution >= 0.6 is 0 Å². The number of amides is 2. The van der Waals surface area contributed by atoms with Crippen molar-refractivity contribution in [2.45, 2.75) is 63.6 Å². The van der Waals surface area contributed by atoms with Gasteiger partial charge in [-0.3, -0.25) is 9.59 Å². The Balaban J connectivity index is 0.000000216. The summed E-state index contributed by atoms with van der Waals surface area (Å²) in [6.07, 6.45) is -8.68. The van der Waals surface area contributed by atoms with E-state index in [1.165, 1.54) is 54.6 Å². The van der Waals surface area contributed by atoms with E-state index in [0.717, 1.165) is 28.9 Å². The maximum Gasteiger partial charge on any atom is 0.471 e. The smallest absolute Gasteiger partial charge is 0.471 e. The Bertz CT molecular complexity index is 2370. The molecule has 3 unspecified atom stereocenters. The van der Waals surface area contributed by atoms with Crippen LogP contribution in [0.1, 0.15) is 62.6 Å². The summed E-state index contributed by atoms with van der Waals surface area (Å²) in [6, 6.07) is 40.3. The summed E-state index contributed by atoms with van der Waals surface area (Å²) in [4.78, 5) is 22.6. The lowest BCUT2D eigenvalue weighted by molar-refractivity contribution is -0.174. The highest BCUT2D eigenvalue weighted by Gasteiger charge is 2.41. The molecule has 0 aliphatic carbocycles. The predicted octanol–water partition coefficient (Wildman–Crippen LogP) is 10.3. The van der Waals surface area contributed by atoms with Gasteiger partial charge < -0.3 is 36.1 Å². The highest BCUT2D eigenvalue weighted by atomic mass is 19.4. The topological polar surface area (TPSA) is 143 Å². The summed E-state index contributed by atoms with van der Waals surface area (Å²) < 4.78 is 85.5. The zero-order chi connectivity index (χ0) is 47.7. The quantitative estimate of drug-likeness (QED) is 0.0727. The SMILES string of the molecule is COc1ccc(C(Cc2ccc(C)cc2)NC(=O)C(F)(F)F)cc1.COc1ccc(C(N)Cc2ccc(C)cc2)cc1.O=C(NC(Cc1ccc(O)cc1)c1ccc(O)cc1)C(F)(F)F. The first-order valence-electron chi connectivity index (χ1n) is 20.2. The van der Waals surface area contributed by atoms with Crippen LogP contribution in [0.5, 0.6) is 23.0 Å². The number of halogens is 6. The molecular weight excluding hydrogens is 853 g/mol. The molecule has 0 saturated heterocycles. The van der Waals surface area contributed by atoms with Crippen LogP contribution in [-0.4, -0.2) is 48.6 Å². The average Bonchev–Trinajstić information content (AvgIpc) is 3.28. The van der Waals surface area contributed by atoms with Crippen molar-refractivity contribution < 1.29 is 55.6 Å². The fourth-order valence-corrected chi connectivity index (χ4v) is 6.30. The van der Waals surface area contributed by atoms with Gasteiger partial charge in [-0.25, -0.2) is 0 Å². The molecule has 15 heteroatoms. The van der Waals surface area contributed by atoms with E-state index in [-0.39, 0.29) is 30.4 Å². The Morgan fingerprint density at radius 2 is 0.785 bits per heavy atom. The number of carbonyl (C=O) groups is 2. The molecule has 344 valence electrons. The number of phenolic OH excluding ortho intramolecular Hbond substituents is 2. The zero-order valence-electron chi connectivity index (χ0n) is 36.1. The van der Waals surface area contributed by atoms with Crippen molar-refractivity contribution >= 4 is 11.8 Å². The molecule has 0 bridgehead atoms. The number of methoxy groups -OCH3 is 2. The van der Waals surface area contributed by atoms with Crippen LogP contribution in [0.4, 0.5) is 26.3 Å². The third-order valence-corrected chi connectivity index (χ3v) is 10.00. The normalized spacial score (nSPS) is 12.5. The first-order chi connectivity index (χ1) is 30.7. The van der Waals surface area contributed by atoms with E-state index in [4.69, 9.17) is 15.2 Å². The number of aryl methyl sites for hydroxylation is 2. The number of phenols is 2. The highest BCUT2D eigenvalue weighted by molar-refractivity contribution is 5.82. The molecule has 0 radical (unpaired) electrons. The van der Waals surface area contributed by atoms with Crippen molar-refractivity contribution in [2.24, 2.45) is 5.73 Å². The van der Waals surface area contributed by atoms with Crippen LogP contribution in [0, 0.1) is 13.8 Å². The second-order valence-corrected chi connectivity index (χ2v) is 15.0. The van der Waals surface area contributed by atoms with Gasteiger partial charge in [-0.2, -0.15) is 26.3 Å². The van der Waals surface area contributed by atoms with Gasteiger partial charge in [0.1, 0.15) is 23.0 Å². The van der Waals surface area contributed by atoms with Crippen molar-refractivity contribution in [1.82, 2.24) is 10.6 Å². The van der Waals surface area contributed by atoms with Gasteiger partial charge in [0.15, 0.2) is 0 Å². The molecule has 0 heterocycles. The molecule has 2 amide bonds. The molecule has 6 aromatic rings. The van der Waals surface area contributed by atoms with Crippen LogP contribution in [-0.2, 0) is 28.9 Å². The zero-order valence-corrected chi connectivity index (χ0v) is 36.1. The van der Waals surface area contributed by atoms with E-state index in [0.29, 0.717) is 22.4 Å². The number of ether oxygens (including phenoxy) is 2. The van der Waals surface area contributed by atoms with Gasteiger partial charge in [-0.15, -0.1) is 0 Å². The fraction of sp³-hybridized carbons (Fsp3) is 0.240. The minimum Gasteiger partial charge on any atom is -0.508 e. The molecule has 0 spiro atoms. The predicted molar refractivity (Wildman–Crippen MR) is 236 cm³/mol. The van der Waals surface area contributed by atoms with Gasteiger partial charge in [0.2, 0.25) is 0 Å². The Kier molecular flexibility index (Phi) is 18.4. The van der Waals surface area contributed by atoms with Crippen LogP contribution in [0.3, 0.4) is 0 Å². The van der Waals surface area contributed by atoms with Crippen molar-refractivity contribution in [2.75, 3.05) is 14.2 Å². The first kappa shape index (κ1) is 50.6. The van der Waals surface area contributed by atoms with Crippen LogP contribution < -0.4 is 25.8 Å². The number of alkyl halides is 6. The lowest BCUT2D eigenvalue weighted by Gasteiger charge is -2.20. The minimum atomic E-state index is -4.98. The van der Waals surface area contributed by atoms with Crippen molar-refractivity contribution in [3.63, 3.8) is 0 Å². The Morgan fingerprint density at radius 1 is 0.492 bits per heavy atom. The van der Waals surface area contributed by atoms with E-state index in [9.17, 15) is 46.1 Å². The Morgan fingerprint density at radius 3 is 1.12 bits per heavy atom. The van der Waals surface area contributed by atoms with Gasteiger partial charge >= 0.3 is 24.2 Å². The molecule has 0 aromatic heterocycles. The monoisotopic (exact) mass is 903 g/mol. The third kappa shape index (κ3) is 16.9. The number of aromatic hydroxyl groups is 2. The second kappa shape index (κ2) is 23.6. The summed E-state index contributed by atoms with van der Waals surface area (Å²) >= 11 is 0. The van der Waals surface area contributed by atoms with Crippen LogP contribution in [0.15, 0.2) is 146 Å². The first-order valence-corrected chi connectivity index (χ1v) is 20.2. The minimum absolute atomic E-state index is 0.0265. The molecule has 65 heavy (non-hydrogen) atoms. The highest BCUT2D eigenvalue weighted by Crippen LogP contribution is 2.27. The standard InChI is InChI=1S/C18H18F3NO2.C16H14F3NO3.C16H19NO/c1-12-3-5-13(6-4-12)11-16(22-17(23)18(19,20)21)14-7-9-15(24-2)10-8-14;17-16(18,19)15(23)20-14(11-3-7-13(22)8-4-11)9-10-1-5-12(21)6-2-10;1-12-3-5-13(6-4-12)11-16(17)14-7-9-15(18-2)10-8-14/h3-10,16H,11H2,1-2H3,(H,22,23);1-8,14,21-22H,9H2,(H,20,23);3-10,16H,11,17H2,1-2H3. The Labute approximate surface area is 373 Å². The molecule has 0 fully saturated rings. The van der Waals surface area contributed by atoms with Gasteiger partial charge in [0, 0.05) is 6.04 Å². The summed E-state index contributed by atoms with van der Waals surface area (Å²) in [5.74, 6) is -2.52. The van der Waals surface area contributed by atoms with Gasteiger partial charge in [0.25, 0.3) is 0 Å². The fourth-order valence-electron chi connectivity index (χ4n) is 6.30. The van der Waals surface area contributed by atoms with E-state index < -0.39 is 36.3 Å². The maximum atomic E-state index is 12.6. The van der Waals surface area contributed by atoms with Crippen molar-refractivity contribution in [1.29, 1.82) is 0 Å². The molecular formula is C50H51F6N3O6. The number of nitrogens with two attached hydrogens (primary N) is 1. The molecule has 6 rings (SSSR count). The largest absolute Gasteiger partial charge is 0.508 e. The van der Waals surface area contributed by atoms with Crippen LogP contribution in [0.2, 0.25) is 0 Å². The second-order valence-electron chi connectivity index (χ2n) is 15.0. The molecule has 3 atom stereocenters. The lowest BCUT2D eigenvalue weighted by atomic mass is 9.98. The summed E-state index contributed by atoms with van der Waals surface area (Å²) in [5.41, 5.74) is 13.4. The number of hydrogen-bond donors (Lipinski definition) is 5. The number of benzene rings is 6. The molecule has 0 aliphatic rings. The molecule has 6 aromatic carbocycles. The molecule has 9 nitrogen and oxygen atoms in total. The number of carbonyl (C=O) groups excluding carboxylic acids is 2. The van der Waals surface area contributed by atoms with Gasteiger partial charge in [-0.1, -0.05) is 108 Å². The van der Waals surface area contributed by atoms with Crippen LogP contribution in [0.25, 0.3) is 0 Å². The van der Waals surface area contributed by atoms with E-state index in [2.05, 4.69) is 36.5 Å². The van der Waals surface area contributed by atoms with Crippen molar-refractivity contribution in [3.05, 3.63) is 190 Å². The molecule has 6 N–H and O–H groups in total. The van der Waals surface area contributed by atoms with E-state index in [1.807, 2.05) is 60.8 Å². The van der Waals surface area contributed by atoms with Gasteiger partial charge in [-0.05, 0) is 115 Å². The average molecular weight is 904 g/mol. The number of hydrogen-bond acceptors (Lipinski definition) is 7. The Hall–Kier alpha value is -7.00. The number of nitrogens with one attached hydrogen (secondary N) is 2. The molecule has 0 aliphatic heterocycles. The van der Waals surface area contributed by atoms with E-state index in [1.54, 1.807) is 43.5 Å². The van der Waals surface area contributed by atoms with Gasteiger partial charge in [0.05, 0.1) is 26.3 Å². The molecule has 0 saturated carbocycles. The lowest BCUT2D eigenvalue weighted by Crippen LogP contribution is -2.39. The summed E-state index contributed by atoms with van der Waals surface area (Å²) in [5, 5.41) is 22.5. The maximum absolute atomic E-state index is 12.6. The summed E-state index contributed by atoms with van der Waals surface area (Å²) in [7, 11) is 3.17. The summed E-state index contributed by atoms with van der Waals surface area (Å²) in [6.45, 7) is 4.02. The van der Waals surface area contributed by atoms with E-state index >= 15 is 0 Å².